The van der Waals surface area contributed by atoms with Gasteiger partial charge in [-0.2, -0.15) is 0 Å². The highest BCUT2D eigenvalue weighted by Gasteiger charge is 2.34. The molecule has 0 aliphatic carbocycles. The molecule has 0 bridgehead atoms. The smallest absolute Gasteiger partial charge is 0.270 e. The molecule has 1 fully saturated rings. The van der Waals surface area contributed by atoms with E-state index in [9.17, 15) is 14.0 Å². The van der Waals surface area contributed by atoms with Gasteiger partial charge in [-0.15, -0.1) is 0 Å². The number of ether oxygens (including phenoxy) is 1. The van der Waals surface area contributed by atoms with Crippen LogP contribution >= 0.6 is 28.1 Å². The summed E-state index contributed by atoms with van der Waals surface area (Å²) in [7, 11) is 0. The van der Waals surface area contributed by atoms with Gasteiger partial charge in [-0.1, -0.05) is 35.9 Å². The SMILES string of the molecule is Cc1ccc(N2C(=O)/C(=C/c3ccc(OCc4ccc(F)cc4)c(Br)c3)C(=O)NC2=S)cc1. The van der Waals surface area contributed by atoms with Gasteiger partial charge in [-0.05, 0) is 88.7 Å². The van der Waals surface area contributed by atoms with Crippen LogP contribution in [0.2, 0.25) is 0 Å². The first-order valence-electron chi connectivity index (χ1n) is 9.97. The van der Waals surface area contributed by atoms with Crippen LogP contribution in [-0.2, 0) is 16.2 Å². The van der Waals surface area contributed by atoms with Gasteiger partial charge in [-0.25, -0.2) is 4.39 Å². The van der Waals surface area contributed by atoms with Crippen molar-refractivity contribution >= 4 is 56.8 Å². The number of hydrogen-bond donors (Lipinski definition) is 1. The van der Waals surface area contributed by atoms with Crippen molar-refractivity contribution in [3.63, 3.8) is 0 Å². The molecule has 4 rings (SSSR count). The zero-order chi connectivity index (χ0) is 23.5. The van der Waals surface area contributed by atoms with Crippen molar-refractivity contribution in [2.45, 2.75) is 13.5 Å². The Labute approximate surface area is 204 Å². The van der Waals surface area contributed by atoms with Gasteiger partial charge < -0.3 is 4.74 Å². The fourth-order valence-electron chi connectivity index (χ4n) is 3.22. The molecule has 1 heterocycles. The number of thiocarbonyl (C=S) groups is 1. The summed E-state index contributed by atoms with van der Waals surface area (Å²) in [6, 6.07) is 18.6. The third-order valence-electron chi connectivity index (χ3n) is 4.97. The van der Waals surface area contributed by atoms with Crippen LogP contribution in [0.1, 0.15) is 16.7 Å². The summed E-state index contributed by atoms with van der Waals surface area (Å²) in [6.07, 6.45) is 1.51. The number of amides is 2. The molecule has 3 aromatic carbocycles. The maximum atomic E-state index is 13.1. The Morgan fingerprint density at radius 2 is 1.76 bits per heavy atom. The molecule has 1 N–H and O–H groups in total. The molecule has 1 saturated heterocycles. The molecule has 0 radical (unpaired) electrons. The van der Waals surface area contributed by atoms with Gasteiger partial charge in [-0.3, -0.25) is 19.8 Å². The van der Waals surface area contributed by atoms with Crippen LogP contribution in [0.3, 0.4) is 0 Å². The summed E-state index contributed by atoms with van der Waals surface area (Å²) in [6.45, 7) is 2.21. The van der Waals surface area contributed by atoms with E-state index in [1.54, 1.807) is 42.5 Å². The minimum absolute atomic E-state index is 0.0314. The van der Waals surface area contributed by atoms with Crippen molar-refractivity contribution in [1.82, 2.24) is 5.32 Å². The molecule has 0 aromatic heterocycles. The van der Waals surface area contributed by atoms with E-state index in [-0.39, 0.29) is 23.1 Å². The van der Waals surface area contributed by atoms with E-state index in [1.807, 2.05) is 19.1 Å². The molecular weight excluding hydrogens is 507 g/mol. The van der Waals surface area contributed by atoms with Crippen LogP contribution in [-0.4, -0.2) is 16.9 Å². The number of rotatable bonds is 5. The lowest BCUT2D eigenvalue weighted by molar-refractivity contribution is -0.122. The quantitative estimate of drug-likeness (QED) is 0.279. The molecule has 0 atom stereocenters. The average Bonchev–Trinajstić information content (AvgIpc) is 2.78. The van der Waals surface area contributed by atoms with Crippen LogP contribution in [0.5, 0.6) is 5.75 Å². The highest BCUT2D eigenvalue weighted by Crippen LogP contribution is 2.29. The first-order chi connectivity index (χ1) is 15.8. The summed E-state index contributed by atoms with van der Waals surface area (Å²) in [4.78, 5) is 26.9. The Morgan fingerprint density at radius 1 is 1.06 bits per heavy atom. The molecule has 33 heavy (non-hydrogen) atoms. The third kappa shape index (κ3) is 5.18. The predicted octanol–water partition coefficient (Wildman–Crippen LogP) is 5.31. The van der Waals surface area contributed by atoms with Gasteiger partial charge in [0.15, 0.2) is 5.11 Å². The molecule has 8 heteroatoms. The first-order valence-corrected chi connectivity index (χ1v) is 11.2. The van der Waals surface area contributed by atoms with E-state index in [0.717, 1.165) is 11.1 Å². The van der Waals surface area contributed by atoms with Crippen molar-refractivity contribution in [3.05, 3.63) is 99.3 Å². The van der Waals surface area contributed by atoms with Crippen LogP contribution in [0, 0.1) is 12.7 Å². The van der Waals surface area contributed by atoms with Gasteiger partial charge in [0.05, 0.1) is 10.2 Å². The van der Waals surface area contributed by atoms with Crippen molar-refractivity contribution < 1.29 is 18.7 Å². The van der Waals surface area contributed by atoms with Gasteiger partial charge in [0.25, 0.3) is 11.8 Å². The third-order valence-corrected chi connectivity index (χ3v) is 5.87. The second-order valence-corrected chi connectivity index (χ2v) is 8.64. The molecule has 0 unspecified atom stereocenters. The molecule has 5 nitrogen and oxygen atoms in total. The van der Waals surface area contributed by atoms with E-state index in [1.165, 1.54) is 23.1 Å². The molecule has 1 aliphatic heterocycles. The van der Waals surface area contributed by atoms with Crippen molar-refractivity contribution in [2.24, 2.45) is 0 Å². The Hall–Kier alpha value is -3.36. The average molecular weight is 525 g/mol. The lowest BCUT2D eigenvalue weighted by Crippen LogP contribution is -2.54. The number of benzene rings is 3. The zero-order valence-corrected chi connectivity index (χ0v) is 19.9. The standard InChI is InChI=1S/C25H18BrFN2O3S/c1-15-2-9-19(10-3-15)29-24(31)20(23(30)28-25(29)33)12-17-6-11-22(21(26)13-17)32-14-16-4-7-18(27)8-5-16/h2-13H,14H2,1H3,(H,28,30,33)/b20-12+. The fraction of sp³-hybridized carbons (Fsp3) is 0.0800. The van der Waals surface area contributed by atoms with Crippen LogP contribution in [0.4, 0.5) is 10.1 Å². The number of nitrogens with zero attached hydrogens (tertiary/aromatic N) is 1. The van der Waals surface area contributed by atoms with E-state index >= 15 is 0 Å². The van der Waals surface area contributed by atoms with E-state index in [2.05, 4.69) is 21.2 Å². The Bertz CT molecular complexity index is 1270. The monoisotopic (exact) mass is 524 g/mol. The van der Waals surface area contributed by atoms with E-state index in [4.69, 9.17) is 17.0 Å². The van der Waals surface area contributed by atoms with Gasteiger partial charge >= 0.3 is 0 Å². The van der Waals surface area contributed by atoms with Crippen LogP contribution in [0.15, 0.2) is 76.8 Å². The van der Waals surface area contributed by atoms with Crippen LogP contribution < -0.4 is 15.0 Å². The second kappa shape index (κ2) is 9.64. The van der Waals surface area contributed by atoms with Crippen molar-refractivity contribution in [1.29, 1.82) is 0 Å². The predicted molar refractivity (Wildman–Crippen MR) is 132 cm³/mol. The second-order valence-electron chi connectivity index (χ2n) is 7.40. The molecule has 3 aromatic rings. The first kappa shape index (κ1) is 22.8. The topological polar surface area (TPSA) is 58.6 Å². The molecule has 0 saturated carbocycles. The summed E-state index contributed by atoms with van der Waals surface area (Å²) in [5.41, 5.74) is 3.04. The number of aryl methyl sites for hydroxylation is 1. The Kier molecular flexibility index (Phi) is 6.67. The summed E-state index contributed by atoms with van der Waals surface area (Å²) in [5.74, 6) is -0.787. The Balaban J connectivity index is 1.55. The van der Waals surface area contributed by atoms with Crippen molar-refractivity contribution in [3.8, 4) is 5.75 Å². The molecule has 2 amide bonds. The minimum Gasteiger partial charge on any atom is -0.488 e. The highest BCUT2D eigenvalue weighted by molar-refractivity contribution is 9.10. The van der Waals surface area contributed by atoms with E-state index < -0.39 is 11.8 Å². The molecular formula is C25H18BrFN2O3S. The molecule has 0 spiro atoms. The molecule has 1 aliphatic rings. The zero-order valence-electron chi connectivity index (χ0n) is 17.5. The highest BCUT2D eigenvalue weighted by atomic mass is 79.9. The normalized spacial score (nSPS) is 15.1. The largest absolute Gasteiger partial charge is 0.488 e. The number of anilines is 1. The maximum absolute atomic E-state index is 13.1. The lowest BCUT2D eigenvalue weighted by Gasteiger charge is -2.29. The van der Waals surface area contributed by atoms with Gasteiger partial charge in [0.1, 0.15) is 23.7 Å². The number of hydrogen-bond acceptors (Lipinski definition) is 4. The van der Waals surface area contributed by atoms with Gasteiger partial charge in [0, 0.05) is 0 Å². The maximum Gasteiger partial charge on any atom is 0.270 e. The summed E-state index contributed by atoms with van der Waals surface area (Å²) >= 11 is 8.69. The summed E-state index contributed by atoms with van der Waals surface area (Å²) in [5, 5.41) is 2.62. The summed E-state index contributed by atoms with van der Waals surface area (Å²) < 4.78 is 19.5. The van der Waals surface area contributed by atoms with Crippen molar-refractivity contribution in [2.75, 3.05) is 4.90 Å². The van der Waals surface area contributed by atoms with Gasteiger partial charge in [0.2, 0.25) is 0 Å². The lowest BCUT2D eigenvalue weighted by atomic mass is 10.1. The number of carbonyl (C=O) groups is 2. The van der Waals surface area contributed by atoms with E-state index in [0.29, 0.717) is 21.5 Å². The number of carbonyl (C=O) groups excluding carboxylic acids is 2. The number of nitrogens with one attached hydrogen (secondary N) is 1. The molecule has 166 valence electrons. The fourth-order valence-corrected chi connectivity index (χ4v) is 4.01. The number of halogens is 2. The minimum atomic E-state index is -0.555. The Morgan fingerprint density at radius 3 is 2.42 bits per heavy atom. The van der Waals surface area contributed by atoms with Crippen LogP contribution in [0.25, 0.3) is 6.08 Å².